The molecule has 2 amide bonds. The molecular weight excluding hydrogens is 534 g/mol. The summed E-state index contributed by atoms with van der Waals surface area (Å²) in [7, 11) is -3.65. The van der Waals surface area contributed by atoms with Gasteiger partial charge in [-0.3, -0.25) is 19.5 Å². The molecule has 3 aromatic rings. The minimum absolute atomic E-state index is 0.0549. The minimum atomic E-state index is -3.65. The van der Waals surface area contributed by atoms with Crippen molar-refractivity contribution in [2.24, 2.45) is 0 Å². The third kappa shape index (κ3) is 6.21. The zero-order valence-electron chi connectivity index (χ0n) is 21.7. The van der Waals surface area contributed by atoms with E-state index >= 15 is 0 Å². The predicted molar refractivity (Wildman–Crippen MR) is 150 cm³/mol. The van der Waals surface area contributed by atoms with E-state index in [1.807, 2.05) is 17.5 Å². The normalized spacial score (nSPS) is 17.8. The first-order valence-electron chi connectivity index (χ1n) is 13.5. The Kier molecular flexibility index (Phi) is 8.69. The topological polar surface area (TPSA) is 113 Å². The first kappa shape index (κ1) is 27.4. The number of benzene rings is 1. The molecule has 2 aliphatic rings. The Balaban J connectivity index is 1.52. The van der Waals surface area contributed by atoms with Crippen molar-refractivity contribution in [1.29, 1.82) is 0 Å². The molecule has 1 aromatic carbocycles. The number of carbonyl (C=O) groups excluding carboxylic acids is 2. The van der Waals surface area contributed by atoms with Crippen molar-refractivity contribution in [1.82, 2.24) is 19.6 Å². The molecule has 5 rings (SSSR count). The summed E-state index contributed by atoms with van der Waals surface area (Å²) in [6.07, 6.45) is 12.1. The van der Waals surface area contributed by atoms with E-state index in [-0.39, 0.29) is 22.5 Å². The SMILES string of the molecule is O=C(NC1CCCCC1)C(c1cccs1)N(C(=O)c1cnccn1)c1ccc(S(=O)(=O)N2CCCCC2)cc1. The Bertz CT molecular complexity index is 1350. The lowest BCUT2D eigenvalue weighted by Gasteiger charge is -2.32. The van der Waals surface area contributed by atoms with Crippen molar-refractivity contribution >= 4 is 38.9 Å². The standard InChI is InChI=1S/C28H33N5O4S2/c34-27(31-21-8-3-1-4-9-21)26(25-10-7-19-38-25)33(28(35)24-20-29-15-16-30-24)22-11-13-23(14-12-22)39(36,37)32-17-5-2-6-18-32/h7,10-16,19-21,26H,1-6,8-9,17-18H2,(H,31,34). The van der Waals surface area contributed by atoms with Crippen molar-refractivity contribution < 1.29 is 18.0 Å². The number of nitrogens with one attached hydrogen (secondary N) is 1. The lowest BCUT2D eigenvalue weighted by molar-refractivity contribution is -0.123. The Hall–Kier alpha value is -3.15. The molecule has 1 saturated heterocycles. The minimum Gasteiger partial charge on any atom is -0.351 e. The molecule has 1 aliphatic carbocycles. The van der Waals surface area contributed by atoms with Crippen LogP contribution in [0.25, 0.3) is 0 Å². The van der Waals surface area contributed by atoms with Crippen molar-refractivity contribution in [2.75, 3.05) is 18.0 Å². The fourth-order valence-corrected chi connectivity index (χ4v) is 7.63. The molecule has 0 spiro atoms. The van der Waals surface area contributed by atoms with E-state index in [0.29, 0.717) is 23.7 Å². The smallest absolute Gasteiger partial charge is 0.279 e. The summed E-state index contributed by atoms with van der Waals surface area (Å²) >= 11 is 1.39. The summed E-state index contributed by atoms with van der Waals surface area (Å²) in [5.41, 5.74) is 0.495. The summed E-state index contributed by atoms with van der Waals surface area (Å²) in [6.45, 7) is 1.01. The van der Waals surface area contributed by atoms with Crippen LogP contribution in [0.2, 0.25) is 0 Å². The summed E-state index contributed by atoms with van der Waals surface area (Å²) in [4.78, 5) is 38.3. The fourth-order valence-electron chi connectivity index (χ4n) is 5.30. The van der Waals surface area contributed by atoms with Gasteiger partial charge in [0, 0.05) is 42.1 Å². The second-order valence-electron chi connectivity index (χ2n) is 9.99. The maximum atomic E-state index is 13.9. The lowest BCUT2D eigenvalue weighted by atomic mass is 9.95. The Morgan fingerprint density at radius 3 is 2.33 bits per heavy atom. The molecule has 1 unspecified atom stereocenters. The van der Waals surface area contributed by atoms with Gasteiger partial charge in [-0.1, -0.05) is 31.7 Å². The van der Waals surface area contributed by atoms with Crippen molar-refractivity contribution in [3.63, 3.8) is 0 Å². The van der Waals surface area contributed by atoms with Crippen LogP contribution in [-0.2, 0) is 14.8 Å². The molecule has 1 saturated carbocycles. The monoisotopic (exact) mass is 567 g/mol. The number of thiophene rings is 1. The zero-order valence-corrected chi connectivity index (χ0v) is 23.4. The number of nitrogens with zero attached hydrogens (tertiary/aromatic N) is 4. The highest BCUT2D eigenvalue weighted by molar-refractivity contribution is 7.89. The number of carbonyl (C=O) groups is 2. The molecule has 39 heavy (non-hydrogen) atoms. The van der Waals surface area contributed by atoms with Crippen LogP contribution < -0.4 is 10.2 Å². The van der Waals surface area contributed by atoms with Gasteiger partial charge in [-0.05, 0) is 61.4 Å². The highest BCUT2D eigenvalue weighted by Gasteiger charge is 2.36. The third-order valence-electron chi connectivity index (χ3n) is 7.34. The second-order valence-corrected chi connectivity index (χ2v) is 12.9. The lowest BCUT2D eigenvalue weighted by Crippen LogP contribution is -2.47. The van der Waals surface area contributed by atoms with Gasteiger partial charge >= 0.3 is 0 Å². The molecule has 2 aromatic heterocycles. The average molecular weight is 568 g/mol. The van der Waals surface area contributed by atoms with E-state index in [2.05, 4.69) is 15.3 Å². The first-order valence-corrected chi connectivity index (χ1v) is 15.8. The van der Waals surface area contributed by atoms with Crippen LogP contribution >= 0.6 is 11.3 Å². The Labute approximate surface area is 233 Å². The number of hydrogen-bond acceptors (Lipinski definition) is 7. The van der Waals surface area contributed by atoms with Gasteiger partial charge in [0.05, 0.1) is 11.1 Å². The van der Waals surface area contributed by atoms with Crippen LogP contribution in [0.4, 0.5) is 5.69 Å². The van der Waals surface area contributed by atoms with Gasteiger partial charge in [-0.2, -0.15) is 4.31 Å². The van der Waals surface area contributed by atoms with Crippen LogP contribution in [0.1, 0.15) is 72.8 Å². The zero-order chi connectivity index (χ0) is 27.2. The van der Waals surface area contributed by atoms with Crippen LogP contribution in [0, 0.1) is 0 Å². The third-order valence-corrected chi connectivity index (χ3v) is 10.2. The van der Waals surface area contributed by atoms with E-state index in [0.717, 1.165) is 51.4 Å². The van der Waals surface area contributed by atoms with Crippen LogP contribution in [0.15, 0.2) is 65.3 Å². The number of piperidine rings is 1. The van der Waals surface area contributed by atoms with Gasteiger partial charge in [0.15, 0.2) is 6.04 Å². The number of rotatable bonds is 8. The van der Waals surface area contributed by atoms with Crippen LogP contribution in [0.3, 0.4) is 0 Å². The summed E-state index contributed by atoms with van der Waals surface area (Å²) in [5, 5.41) is 5.05. The number of anilines is 1. The van der Waals surface area contributed by atoms with E-state index in [9.17, 15) is 18.0 Å². The van der Waals surface area contributed by atoms with Crippen LogP contribution in [-0.4, -0.2) is 53.6 Å². The molecule has 206 valence electrons. The van der Waals surface area contributed by atoms with Crippen molar-refractivity contribution in [3.8, 4) is 0 Å². The maximum absolute atomic E-state index is 13.9. The fraction of sp³-hybridized carbons (Fsp3) is 0.429. The second kappa shape index (κ2) is 12.4. The summed E-state index contributed by atoms with van der Waals surface area (Å²) < 4.78 is 28.0. The summed E-state index contributed by atoms with van der Waals surface area (Å²) in [5.74, 6) is -0.765. The Morgan fingerprint density at radius 2 is 1.69 bits per heavy atom. The van der Waals surface area contributed by atoms with E-state index in [1.165, 1.54) is 51.3 Å². The predicted octanol–water partition coefficient (Wildman–Crippen LogP) is 4.55. The maximum Gasteiger partial charge on any atom is 0.279 e. The molecule has 3 heterocycles. The van der Waals surface area contributed by atoms with Crippen LogP contribution in [0.5, 0.6) is 0 Å². The molecule has 9 nitrogen and oxygen atoms in total. The van der Waals surface area contributed by atoms with Crippen molar-refractivity contribution in [3.05, 3.63) is 70.9 Å². The quantitative estimate of drug-likeness (QED) is 0.427. The Morgan fingerprint density at radius 1 is 0.974 bits per heavy atom. The average Bonchev–Trinajstić information content (AvgIpc) is 3.51. The molecule has 0 bridgehead atoms. The van der Waals surface area contributed by atoms with Gasteiger partial charge < -0.3 is 5.32 Å². The molecule has 1 N–H and O–H groups in total. The van der Waals surface area contributed by atoms with Gasteiger partial charge in [0.25, 0.3) is 5.91 Å². The molecule has 0 radical (unpaired) electrons. The van der Waals surface area contributed by atoms with Gasteiger partial charge in [-0.15, -0.1) is 11.3 Å². The molecule has 1 aliphatic heterocycles. The number of sulfonamides is 1. The van der Waals surface area contributed by atoms with E-state index in [1.54, 1.807) is 12.1 Å². The first-order chi connectivity index (χ1) is 18.9. The molecule has 11 heteroatoms. The molecular formula is C28H33N5O4S2. The molecule has 2 fully saturated rings. The van der Waals surface area contributed by atoms with Gasteiger partial charge in [0.1, 0.15) is 5.69 Å². The van der Waals surface area contributed by atoms with E-state index < -0.39 is 22.0 Å². The summed E-state index contributed by atoms with van der Waals surface area (Å²) in [6, 6.07) is 9.01. The van der Waals surface area contributed by atoms with Gasteiger partial charge in [0.2, 0.25) is 15.9 Å². The molecule has 1 atom stereocenters. The largest absolute Gasteiger partial charge is 0.351 e. The number of hydrogen-bond donors (Lipinski definition) is 1. The highest BCUT2D eigenvalue weighted by atomic mass is 32.2. The van der Waals surface area contributed by atoms with Crippen molar-refractivity contribution in [2.45, 2.75) is 68.3 Å². The van der Waals surface area contributed by atoms with E-state index in [4.69, 9.17) is 0 Å². The van der Waals surface area contributed by atoms with Gasteiger partial charge in [-0.25, -0.2) is 13.4 Å². The number of aromatic nitrogens is 2. The number of amides is 2. The highest BCUT2D eigenvalue weighted by Crippen LogP contribution is 2.33.